The van der Waals surface area contributed by atoms with Crippen LogP contribution in [0.15, 0.2) is 5.38 Å². The number of carboxylic acids is 1. The van der Waals surface area contributed by atoms with Gasteiger partial charge in [0, 0.05) is 30.9 Å². The summed E-state index contributed by atoms with van der Waals surface area (Å²) in [6, 6.07) is 0. The third kappa shape index (κ3) is 3.73. The Kier molecular flexibility index (Phi) is 5.51. The fourth-order valence-electron chi connectivity index (χ4n) is 2.01. The van der Waals surface area contributed by atoms with Crippen LogP contribution >= 0.6 is 11.3 Å². The Balaban J connectivity index is 0.00000144. The number of rotatable bonds is 4. The monoisotopic (exact) mass is 246 g/mol. The van der Waals surface area contributed by atoms with Crippen molar-refractivity contribution in [3.8, 4) is 0 Å². The van der Waals surface area contributed by atoms with E-state index < -0.39 is 5.97 Å². The molecule has 0 aromatic carbocycles. The van der Waals surface area contributed by atoms with Crippen LogP contribution in [0, 0.1) is 5.92 Å². The third-order valence-corrected chi connectivity index (χ3v) is 3.95. The largest absolute Gasteiger partial charge is 1.00 e. The quantitative estimate of drug-likeness (QED) is 0.560. The van der Waals surface area contributed by atoms with Gasteiger partial charge in [0.05, 0.1) is 5.69 Å². The number of hydrogen-bond acceptors (Lipinski definition) is 5. The van der Waals surface area contributed by atoms with Crippen LogP contribution in [0.3, 0.4) is 0 Å². The van der Waals surface area contributed by atoms with Crippen molar-refractivity contribution in [2.45, 2.75) is 26.2 Å². The maximum Gasteiger partial charge on any atom is 1.00 e. The molecule has 1 saturated heterocycles. The number of carboxylic acid groups (broad SMARTS) is 1. The second kappa shape index (κ2) is 6.44. The molecular weight excluding hydrogens is 231 g/mol. The van der Waals surface area contributed by atoms with Crippen molar-refractivity contribution < 1.29 is 28.8 Å². The molecule has 1 aromatic rings. The Morgan fingerprint density at radius 3 is 3.06 bits per heavy atom. The Bertz CT molecular complexity index is 383. The van der Waals surface area contributed by atoms with E-state index in [1.54, 1.807) is 0 Å². The summed E-state index contributed by atoms with van der Waals surface area (Å²) in [5.74, 6) is -0.307. The first-order valence-corrected chi connectivity index (χ1v) is 6.46. The van der Waals surface area contributed by atoms with Crippen LogP contribution in [0.4, 0.5) is 5.13 Å². The van der Waals surface area contributed by atoms with Crippen molar-refractivity contribution in [3.63, 3.8) is 0 Å². The van der Waals surface area contributed by atoms with Gasteiger partial charge in [-0.05, 0) is 12.3 Å². The maximum atomic E-state index is 10.4. The molecule has 2 heterocycles. The minimum absolute atomic E-state index is 0. The van der Waals surface area contributed by atoms with Crippen molar-refractivity contribution in [3.05, 3.63) is 11.1 Å². The molecule has 0 bridgehead atoms. The predicted molar refractivity (Wildman–Crippen MR) is 61.4 cm³/mol. The molecule has 0 aliphatic carbocycles. The molecule has 0 radical (unpaired) electrons. The van der Waals surface area contributed by atoms with E-state index in [-0.39, 0.29) is 25.3 Å². The van der Waals surface area contributed by atoms with E-state index in [1.165, 1.54) is 24.2 Å². The van der Waals surface area contributed by atoms with Crippen molar-refractivity contribution in [2.75, 3.05) is 18.0 Å². The molecule has 88 valence electrons. The predicted octanol–water partition coefficient (Wildman–Crippen LogP) is -2.32. The standard InChI is InChI=1S/C11H16N2O2S.Li/c1-2-8-3-4-13(6-8)11-12-9(7-16-11)5-10(14)15;/h7-8H,2-6H2,1H3,(H,14,15);/q;+1/p-1. The van der Waals surface area contributed by atoms with E-state index in [0.29, 0.717) is 5.69 Å². The van der Waals surface area contributed by atoms with E-state index in [9.17, 15) is 9.90 Å². The van der Waals surface area contributed by atoms with Gasteiger partial charge in [0.25, 0.3) is 0 Å². The number of anilines is 1. The summed E-state index contributed by atoms with van der Waals surface area (Å²) in [5, 5.41) is 13.2. The van der Waals surface area contributed by atoms with Crippen LogP contribution in [-0.4, -0.2) is 24.0 Å². The number of thiazole rings is 1. The number of carbonyl (C=O) groups excluding carboxylic acids is 1. The van der Waals surface area contributed by atoms with Gasteiger partial charge in [-0.2, -0.15) is 0 Å². The Hall–Kier alpha value is -0.503. The average Bonchev–Trinajstić information content (AvgIpc) is 2.83. The summed E-state index contributed by atoms with van der Waals surface area (Å²) in [5.41, 5.74) is 0.611. The van der Waals surface area contributed by atoms with Crippen LogP contribution in [0.1, 0.15) is 25.5 Å². The molecule has 0 amide bonds. The van der Waals surface area contributed by atoms with Gasteiger partial charge in [-0.3, -0.25) is 0 Å². The third-order valence-electron chi connectivity index (χ3n) is 3.00. The molecule has 1 atom stereocenters. The Morgan fingerprint density at radius 2 is 2.47 bits per heavy atom. The number of aliphatic carboxylic acids is 1. The second-order valence-electron chi connectivity index (χ2n) is 4.18. The fraction of sp³-hybridized carbons (Fsp3) is 0.636. The molecule has 0 spiro atoms. The van der Waals surface area contributed by atoms with Crippen molar-refractivity contribution >= 4 is 22.4 Å². The molecule has 1 unspecified atom stereocenters. The van der Waals surface area contributed by atoms with Gasteiger partial charge in [-0.1, -0.05) is 13.3 Å². The second-order valence-corrected chi connectivity index (χ2v) is 5.02. The molecular formula is C11H15LiN2O2S. The van der Waals surface area contributed by atoms with E-state index in [4.69, 9.17) is 0 Å². The normalized spacial score (nSPS) is 19.1. The fourth-order valence-corrected chi connectivity index (χ4v) is 2.87. The molecule has 0 N–H and O–H groups in total. The van der Waals surface area contributed by atoms with E-state index in [0.717, 1.165) is 24.1 Å². The van der Waals surface area contributed by atoms with Gasteiger partial charge in [0.1, 0.15) is 0 Å². The zero-order valence-electron chi connectivity index (χ0n) is 10.3. The Morgan fingerprint density at radius 1 is 1.71 bits per heavy atom. The molecule has 0 saturated carbocycles. The number of carbonyl (C=O) groups is 1. The van der Waals surface area contributed by atoms with Gasteiger partial charge < -0.3 is 14.8 Å². The number of hydrogen-bond donors (Lipinski definition) is 0. The Labute approximate surface area is 117 Å². The molecule has 4 nitrogen and oxygen atoms in total. The molecule has 1 fully saturated rings. The summed E-state index contributed by atoms with van der Waals surface area (Å²) in [6.07, 6.45) is 2.33. The van der Waals surface area contributed by atoms with Crippen molar-refractivity contribution in [1.29, 1.82) is 0 Å². The van der Waals surface area contributed by atoms with E-state index in [1.807, 2.05) is 5.38 Å². The van der Waals surface area contributed by atoms with Gasteiger partial charge in [0.2, 0.25) is 0 Å². The van der Waals surface area contributed by atoms with E-state index >= 15 is 0 Å². The first-order chi connectivity index (χ1) is 7.69. The van der Waals surface area contributed by atoms with Crippen LogP contribution in [-0.2, 0) is 11.2 Å². The van der Waals surface area contributed by atoms with E-state index in [2.05, 4.69) is 16.8 Å². The first-order valence-electron chi connectivity index (χ1n) is 5.58. The van der Waals surface area contributed by atoms with Crippen LogP contribution in [0.2, 0.25) is 0 Å². The zero-order valence-corrected chi connectivity index (χ0v) is 11.1. The molecule has 1 aliphatic heterocycles. The minimum Gasteiger partial charge on any atom is -0.550 e. The van der Waals surface area contributed by atoms with Crippen LogP contribution in [0.5, 0.6) is 0 Å². The summed E-state index contributed by atoms with van der Waals surface area (Å²) in [6.45, 7) is 4.29. The van der Waals surface area contributed by atoms with Crippen molar-refractivity contribution in [2.24, 2.45) is 5.92 Å². The average molecular weight is 246 g/mol. The number of aromatic nitrogens is 1. The molecule has 6 heteroatoms. The molecule has 1 aliphatic rings. The minimum atomic E-state index is -1.07. The summed E-state index contributed by atoms with van der Waals surface area (Å²) in [7, 11) is 0. The topological polar surface area (TPSA) is 56.3 Å². The zero-order chi connectivity index (χ0) is 11.5. The van der Waals surface area contributed by atoms with Crippen molar-refractivity contribution in [1.82, 2.24) is 4.98 Å². The summed E-state index contributed by atoms with van der Waals surface area (Å²) in [4.78, 5) is 17.0. The SMILES string of the molecule is CCC1CCN(c2nc(CC(=O)[O-])cs2)C1.[Li+]. The number of nitrogens with zero attached hydrogens (tertiary/aromatic N) is 2. The van der Waals surface area contributed by atoms with Gasteiger partial charge in [0.15, 0.2) is 5.13 Å². The van der Waals surface area contributed by atoms with Crippen LogP contribution < -0.4 is 28.9 Å². The molecule has 17 heavy (non-hydrogen) atoms. The first kappa shape index (κ1) is 14.6. The van der Waals surface area contributed by atoms with Gasteiger partial charge in [-0.25, -0.2) is 4.98 Å². The molecule has 1 aromatic heterocycles. The summed E-state index contributed by atoms with van der Waals surface area (Å²) < 4.78 is 0. The summed E-state index contributed by atoms with van der Waals surface area (Å²) >= 11 is 1.53. The molecule has 2 rings (SSSR count). The van der Waals surface area contributed by atoms with Gasteiger partial charge in [-0.15, -0.1) is 11.3 Å². The van der Waals surface area contributed by atoms with Gasteiger partial charge >= 0.3 is 18.9 Å². The smallest absolute Gasteiger partial charge is 0.550 e. The van der Waals surface area contributed by atoms with Crippen LogP contribution in [0.25, 0.3) is 0 Å². The maximum absolute atomic E-state index is 10.4.